The number of hydrogen-bond donors (Lipinski definition) is 3. The average molecular weight is 236 g/mol. The summed E-state index contributed by atoms with van der Waals surface area (Å²) in [6.07, 6.45) is 1.58. The number of nitrogen functional groups attached to an aromatic ring is 1. The molecule has 0 atom stereocenters. The lowest BCUT2D eigenvalue weighted by molar-refractivity contribution is 0.0836. The Kier molecular flexibility index (Phi) is 3.43. The van der Waals surface area contributed by atoms with Crippen LogP contribution in [0.2, 0.25) is 0 Å². The van der Waals surface area contributed by atoms with Crippen LogP contribution in [-0.4, -0.2) is 23.4 Å². The molecule has 17 heavy (non-hydrogen) atoms. The zero-order valence-electron chi connectivity index (χ0n) is 10.3. The Balaban J connectivity index is 2.02. The molecule has 1 fully saturated rings. The van der Waals surface area contributed by atoms with Gasteiger partial charge in [0.25, 0.3) is 0 Å². The van der Waals surface area contributed by atoms with Crippen molar-refractivity contribution in [2.45, 2.75) is 44.9 Å². The number of nitrogens with two attached hydrogens (primary N) is 1. The Labute approximate surface area is 102 Å². The topological polar surface area (TPSA) is 67.5 Å². The highest BCUT2D eigenvalue weighted by atomic mass is 16.5. The lowest BCUT2D eigenvalue weighted by atomic mass is 9.89. The quantitative estimate of drug-likeness (QED) is 0.699. The molecule has 0 unspecified atom stereocenters. The van der Waals surface area contributed by atoms with Crippen molar-refractivity contribution in [2.24, 2.45) is 0 Å². The molecule has 1 aromatic carbocycles. The summed E-state index contributed by atoms with van der Waals surface area (Å²) in [6.45, 7) is 3.95. The van der Waals surface area contributed by atoms with E-state index in [1.165, 1.54) is 0 Å². The van der Waals surface area contributed by atoms with Gasteiger partial charge in [0.2, 0.25) is 0 Å². The standard InChI is InChI=1S/C13H20N2O2/c1-8(2)17-13-7-9(3-4-12(13)14)15-10-5-11(16)6-10/h3-4,7-8,10-11,15-16H,5-6,14H2,1-2H3. The van der Waals surface area contributed by atoms with Gasteiger partial charge in [-0.1, -0.05) is 0 Å². The van der Waals surface area contributed by atoms with Crippen LogP contribution in [0.5, 0.6) is 5.75 Å². The Hall–Kier alpha value is -1.42. The molecule has 0 aliphatic heterocycles. The van der Waals surface area contributed by atoms with Gasteiger partial charge in [0.1, 0.15) is 5.75 Å². The predicted molar refractivity (Wildman–Crippen MR) is 69.3 cm³/mol. The van der Waals surface area contributed by atoms with Gasteiger partial charge < -0.3 is 20.9 Å². The first kappa shape index (κ1) is 12.0. The monoisotopic (exact) mass is 236 g/mol. The molecule has 1 saturated carbocycles. The van der Waals surface area contributed by atoms with Gasteiger partial charge in [0.05, 0.1) is 17.9 Å². The van der Waals surface area contributed by atoms with Gasteiger partial charge in [-0.3, -0.25) is 0 Å². The Morgan fingerprint density at radius 3 is 2.71 bits per heavy atom. The van der Waals surface area contributed by atoms with Crippen LogP contribution in [0.25, 0.3) is 0 Å². The van der Waals surface area contributed by atoms with E-state index in [4.69, 9.17) is 10.5 Å². The number of hydrogen-bond acceptors (Lipinski definition) is 4. The highest BCUT2D eigenvalue weighted by Crippen LogP contribution is 2.29. The van der Waals surface area contributed by atoms with Crippen molar-refractivity contribution in [2.75, 3.05) is 11.1 Å². The second-order valence-corrected chi connectivity index (χ2v) is 4.89. The van der Waals surface area contributed by atoms with Crippen molar-refractivity contribution < 1.29 is 9.84 Å². The summed E-state index contributed by atoms with van der Waals surface area (Å²) >= 11 is 0. The fourth-order valence-electron chi connectivity index (χ4n) is 1.92. The lowest BCUT2D eigenvalue weighted by Crippen LogP contribution is -2.38. The Morgan fingerprint density at radius 1 is 1.41 bits per heavy atom. The van der Waals surface area contributed by atoms with E-state index in [2.05, 4.69) is 5.32 Å². The van der Waals surface area contributed by atoms with E-state index in [0.717, 1.165) is 18.5 Å². The second kappa shape index (κ2) is 4.84. The van der Waals surface area contributed by atoms with Gasteiger partial charge in [0.15, 0.2) is 0 Å². The maximum Gasteiger partial charge on any atom is 0.144 e. The molecule has 4 heteroatoms. The number of ether oxygens (including phenoxy) is 1. The summed E-state index contributed by atoms with van der Waals surface area (Å²) in [5.41, 5.74) is 7.49. The molecule has 0 radical (unpaired) electrons. The van der Waals surface area contributed by atoms with Gasteiger partial charge in [-0.05, 0) is 38.8 Å². The zero-order valence-corrected chi connectivity index (χ0v) is 10.3. The summed E-state index contributed by atoms with van der Waals surface area (Å²) in [5.74, 6) is 0.713. The van der Waals surface area contributed by atoms with E-state index >= 15 is 0 Å². The van der Waals surface area contributed by atoms with Gasteiger partial charge in [-0.25, -0.2) is 0 Å². The molecule has 4 N–H and O–H groups in total. The number of anilines is 2. The molecular weight excluding hydrogens is 216 g/mol. The minimum Gasteiger partial charge on any atom is -0.489 e. The Bertz CT molecular complexity index is 387. The molecule has 1 aliphatic rings. The molecule has 0 aromatic heterocycles. The Morgan fingerprint density at radius 2 is 2.12 bits per heavy atom. The van der Waals surface area contributed by atoms with Crippen LogP contribution in [0.1, 0.15) is 26.7 Å². The molecule has 0 saturated heterocycles. The van der Waals surface area contributed by atoms with Gasteiger partial charge in [-0.2, -0.15) is 0 Å². The van der Waals surface area contributed by atoms with Crippen LogP contribution in [0.15, 0.2) is 18.2 Å². The minimum atomic E-state index is -0.146. The SMILES string of the molecule is CC(C)Oc1cc(NC2CC(O)C2)ccc1N. The zero-order chi connectivity index (χ0) is 12.4. The molecular formula is C13H20N2O2. The molecule has 1 aromatic rings. The predicted octanol–water partition coefficient (Wildman–Crippen LogP) is 1.99. The highest BCUT2D eigenvalue weighted by Gasteiger charge is 2.26. The van der Waals surface area contributed by atoms with Crippen molar-refractivity contribution in [1.29, 1.82) is 0 Å². The van der Waals surface area contributed by atoms with Crippen LogP contribution in [0.3, 0.4) is 0 Å². The van der Waals surface area contributed by atoms with Crippen molar-refractivity contribution >= 4 is 11.4 Å². The van der Waals surface area contributed by atoms with E-state index in [-0.39, 0.29) is 12.2 Å². The van der Waals surface area contributed by atoms with E-state index < -0.39 is 0 Å². The van der Waals surface area contributed by atoms with E-state index in [0.29, 0.717) is 17.5 Å². The van der Waals surface area contributed by atoms with E-state index in [1.807, 2.05) is 32.0 Å². The molecule has 0 spiro atoms. The van der Waals surface area contributed by atoms with Gasteiger partial charge in [0, 0.05) is 17.8 Å². The third-order valence-corrected chi connectivity index (χ3v) is 2.86. The number of nitrogens with one attached hydrogen (secondary N) is 1. The number of benzene rings is 1. The first-order valence-corrected chi connectivity index (χ1v) is 6.05. The van der Waals surface area contributed by atoms with Crippen LogP contribution in [-0.2, 0) is 0 Å². The maximum atomic E-state index is 9.23. The molecule has 2 rings (SSSR count). The molecule has 0 amide bonds. The highest BCUT2D eigenvalue weighted by molar-refractivity contribution is 5.61. The second-order valence-electron chi connectivity index (χ2n) is 4.89. The molecule has 4 nitrogen and oxygen atoms in total. The smallest absolute Gasteiger partial charge is 0.144 e. The van der Waals surface area contributed by atoms with Gasteiger partial charge in [-0.15, -0.1) is 0 Å². The summed E-state index contributed by atoms with van der Waals surface area (Å²) in [4.78, 5) is 0. The third kappa shape index (κ3) is 3.03. The largest absolute Gasteiger partial charge is 0.489 e. The van der Waals surface area contributed by atoms with Crippen molar-refractivity contribution in [3.05, 3.63) is 18.2 Å². The van der Waals surface area contributed by atoms with Crippen LogP contribution < -0.4 is 15.8 Å². The fraction of sp³-hybridized carbons (Fsp3) is 0.538. The molecule has 1 aliphatic carbocycles. The summed E-state index contributed by atoms with van der Waals surface area (Å²) in [6, 6.07) is 6.06. The lowest BCUT2D eigenvalue weighted by Gasteiger charge is -2.33. The summed E-state index contributed by atoms with van der Waals surface area (Å²) in [5, 5.41) is 12.6. The minimum absolute atomic E-state index is 0.109. The number of aliphatic hydroxyl groups is 1. The normalized spacial score (nSPS) is 23.3. The van der Waals surface area contributed by atoms with Crippen LogP contribution in [0, 0.1) is 0 Å². The summed E-state index contributed by atoms with van der Waals surface area (Å²) in [7, 11) is 0. The average Bonchev–Trinajstić information content (AvgIpc) is 2.20. The van der Waals surface area contributed by atoms with Crippen molar-refractivity contribution in [3.63, 3.8) is 0 Å². The van der Waals surface area contributed by atoms with Crippen LogP contribution >= 0.6 is 0 Å². The van der Waals surface area contributed by atoms with E-state index in [9.17, 15) is 5.11 Å². The van der Waals surface area contributed by atoms with Crippen LogP contribution in [0.4, 0.5) is 11.4 Å². The van der Waals surface area contributed by atoms with E-state index in [1.54, 1.807) is 0 Å². The maximum absolute atomic E-state index is 9.23. The first-order chi connectivity index (χ1) is 8.04. The van der Waals surface area contributed by atoms with Crippen molar-refractivity contribution in [1.82, 2.24) is 0 Å². The molecule has 0 bridgehead atoms. The van der Waals surface area contributed by atoms with Crippen molar-refractivity contribution in [3.8, 4) is 5.75 Å². The fourth-order valence-corrected chi connectivity index (χ4v) is 1.92. The molecule has 0 heterocycles. The summed E-state index contributed by atoms with van der Waals surface area (Å²) < 4.78 is 5.63. The first-order valence-electron chi connectivity index (χ1n) is 6.05. The number of aliphatic hydroxyl groups excluding tert-OH is 1. The van der Waals surface area contributed by atoms with Gasteiger partial charge >= 0.3 is 0 Å². The third-order valence-electron chi connectivity index (χ3n) is 2.86. The number of rotatable bonds is 4. The molecule has 94 valence electrons.